The third-order valence-corrected chi connectivity index (χ3v) is 5.85. The summed E-state index contributed by atoms with van der Waals surface area (Å²) in [4.78, 5) is 30.7. The lowest BCUT2D eigenvalue weighted by atomic mass is 9.92. The molecule has 1 spiro atoms. The van der Waals surface area contributed by atoms with Gasteiger partial charge in [0.25, 0.3) is 5.91 Å². The minimum absolute atomic E-state index is 0.0175. The summed E-state index contributed by atoms with van der Waals surface area (Å²) in [6, 6.07) is 15.3. The van der Waals surface area contributed by atoms with Crippen LogP contribution in [0.15, 0.2) is 54.6 Å². The predicted octanol–water partition coefficient (Wildman–Crippen LogP) is 2.15. The molecule has 1 atom stereocenters. The number of para-hydroxylation sites is 1. The molecule has 29 heavy (non-hydrogen) atoms. The summed E-state index contributed by atoms with van der Waals surface area (Å²) in [6.07, 6.45) is 0.750. The highest BCUT2D eigenvalue weighted by molar-refractivity contribution is 5.96. The lowest BCUT2D eigenvalue weighted by Gasteiger charge is -2.46. The first-order valence-electron chi connectivity index (χ1n) is 9.70. The van der Waals surface area contributed by atoms with Gasteiger partial charge in [0.1, 0.15) is 11.6 Å². The van der Waals surface area contributed by atoms with Crippen LogP contribution >= 0.6 is 0 Å². The molecule has 0 aliphatic carbocycles. The van der Waals surface area contributed by atoms with Crippen LogP contribution in [-0.4, -0.2) is 67.0 Å². The van der Waals surface area contributed by atoms with Crippen LogP contribution in [0.1, 0.15) is 6.42 Å². The Balaban J connectivity index is 1.44. The maximum atomic E-state index is 13.7. The van der Waals surface area contributed by atoms with Crippen molar-refractivity contribution < 1.29 is 18.7 Å². The van der Waals surface area contributed by atoms with E-state index in [4.69, 9.17) is 4.74 Å². The van der Waals surface area contributed by atoms with Crippen LogP contribution in [0, 0.1) is 5.82 Å². The summed E-state index contributed by atoms with van der Waals surface area (Å²) in [5.41, 5.74) is 0.211. The number of nitrogens with zero attached hydrogens (tertiary/aromatic N) is 3. The third-order valence-electron chi connectivity index (χ3n) is 5.85. The van der Waals surface area contributed by atoms with E-state index < -0.39 is 0 Å². The number of piperazine rings is 1. The van der Waals surface area contributed by atoms with E-state index in [1.54, 1.807) is 21.9 Å². The van der Waals surface area contributed by atoms with Crippen molar-refractivity contribution >= 4 is 17.5 Å². The van der Waals surface area contributed by atoms with E-state index in [0.717, 1.165) is 6.42 Å². The van der Waals surface area contributed by atoms with E-state index in [1.165, 1.54) is 12.1 Å². The molecule has 2 aliphatic rings. The van der Waals surface area contributed by atoms with E-state index in [9.17, 15) is 14.0 Å². The Bertz CT molecular complexity index is 907. The number of likely N-dealkylation sites (tertiary alicyclic amines) is 1. The normalized spacial score (nSPS) is 22.3. The van der Waals surface area contributed by atoms with Gasteiger partial charge in [-0.15, -0.1) is 0 Å². The standard InChI is InChI=1S/C22H24FN3O3/c1-24-13-20(27)26(18-7-5-6-17(23)12-18)16-22(24)10-11-25(15-22)21(28)14-29-19-8-3-2-4-9-19/h2-9,12H,10-11,13-16H2,1H3/t22-/m1/s1. The van der Waals surface area contributed by atoms with Crippen LogP contribution in [0.4, 0.5) is 10.1 Å². The molecular weight excluding hydrogens is 373 g/mol. The van der Waals surface area contributed by atoms with Gasteiger partial charge < -0.3 is 14.5 Å². The molecule has 0 N–H and O–H groups in total. The van der Waals surface area contributed by atoms with E-state index in [1.807, 2.05) is 42.3 Å². The molecule has 2 aromatic rings. The Kier molecular flexibility index (Phi) is 5.24. The van der Waals surface area contributed by atoms with Gasteiger partial charge in [0, 0.05) is 25.3 Å². The van der Waals surface area contributed by atoms with Crippen molar-refractivity contribution in [3.05, 3.63) is 60.4 Å². The first kappa shape index (κ1) is 19.4. The molecular formula is C22H24FN3O3. The van der Waals surface area contributed by atoms with Gasteiger partial charge in [-0.2, -0.15) is 0 Å². The second-order valence-corrected chi connectivity index (χ2v) is 7.71. The Hall–Kier alpha value is -2.93. The molecule has 6 nitrogen and oxygen atoms in total. The van der Waals surface area contributed by atoms with Crippen molar-refractivity contribution in [2.45, 2.75) is 12.0 Å². The molecule has 0 unspecified atom stereocenters. The quantitative estimate of drug-likeness (QED) is 0.794. The summed E-state index contributed by atoms with van der Waals surface area (Å²) < 4.78 is 19.3. The first-order chi connectivity index (χ1) is 14.0. The lowest BCUT2D eigenvalue weighted by Crippen LogP contribution is -2.64. The minimum atomic E-state index is -0.371. The largest absolute Gasteiger partial charge is 0.484 e. The van der Waals surface area contributed by atoms with Crippen molar-refractivity contribution in [2.75, 3.05) is 44.7 Å². The van der Waals surface area contributed by atoms with Gasteiger partial charge in [0.2, 0.25) is 5.91 Å². The second kappa shape index (κ2) is 7.83. The predicted molar refractivity (Wildman–Crippen MR) is 107 cm³/mol. The minimum Gasteiger partial charge on any atom is -0.484 e. The zero-order valence-corrected chi connectivity index (χ0v) is 16.4. The van der Waals surface area contributed by atoms with Crippen LogP contribution in [0.3, 0.4) is 0 Å². The molecule has 0 radical (unpaired) electrons. The summed E-state index contributed by atoms with van der Waals surface area (Å²) in [7, 11) is 1.91. The molecule has 0 saturated carbocycles. The monoisotopic (exact) mass is 397 g/mol. The average molecular weight is 397 g/mol. The topological polar surface area (TPSA) is 53.1 Å². The molecule has 2 amide bonds. The summed E-state index contributed by atoms with van der Waals surface area (Å²) in [5.74, 6) is 0.145. The van der Waals surface area contributed by atoms with E-state index >= 15 is 0 Å². The number of anilines is 1. The first-order valence-corrected chi connectivity index (χ1v) is 9.70. The molecule has 7 heteroatoms. The number of ether oxygens (including phenoxy) is 1. The number of likely N-dealkylation sites (N-methyl/N-ethyl adjacent to an activating group) is 1. The second-order valence-electron chi connectivity index (χ2n) is 7.71. The van der Waals surface area contributed by atoms with Crippen LogP contribution in [-0.2, 0) is 9.59 Å². The number of rotatable bonds is 4. The Morgan fingerprint density at radius 1 is 1.14 bits per heavy atom. The number of hydrogen-bond donors (Lipinski definition) is 0. The van der Waals surface area contributed by atoms with Crippen molar-refractivity contribution in [1.82, 2.24) is 9.80 Å². The molecule has 152 valence electrons. The van der Waals surface area contributed by atoms with Crippen molar-refractivity contribution in [3.63, 3.8) is 0 Å². The van der Waals surface area contributed by atoms with E-state index in [0.29, 0.717) is 31.1 Å². The van der Waals surface area contributed by atoms with E-state index in [2.05, 4.69) is 0 Å². The summed E-state index contributed by atoms with van der Waals surface area (Å²) in [6.45, 7) is 1.76. The van der Waals surface area contributed by atoms with Crippen molar-refractivity contribution in [2.24, 2.45) is 0 Å². The zero-order valence-electron chi connectivity index (χ0n) is 16.4. The maximum Gasteiger partial charge on any atom is 0.260 e. The van der Waals surface area contributed by atoms with Gasteiger partial charge in [-0.3, -0.25) is 14.5 Å². The fourth-order valence-electron chi connectivity index (χ4n) is 4.10. The van der Waals surface area contributed by atoms with Crippen molar-refractivity contribution in [3.8, 4) is 5.75 Å². The fraction of sp³-hybridized carbons (Fsp3) is 0.364. The Morgan fingerprint density at radius 2 is 1.93 bits per heavy atom. The molecule has 4 rings (SSSR count). The highest BCUT2D eigenvalue weighted by atomic mass is 19.1. The van der Waals surface area contributed by atoms with Gasteiger partial charge in [-0.05, 0) is 43.8 Å². The summed E-state index contributed by atoms with van der Waals surface area (Å²) >= 11 is 0. The molecule has 2 heterocycles. The smallest absolute Gasteiger partial charge is 0.260 e. The van der Waals surface area contributed by atoms with Crippen molar-refractivity contribution in [1.29, 1.82) is 0 Å². The molecule has 0 bridgehead atoms. The molecule has 2 saturated heterocycles. The third kappa shape index (κ3) is 3.96. The van der Waals surface area contributed by atoms with Gasteiger partial charge in [0.15, 0.2) is 6.61 Å². The molecule has 0 aromatic heterocycles. The van der Waals surface area contributed by atoms with Crippen LogP contribution in [0.2, 0.25) is 0 Å². The SMILES string of the molecule is CN1CC(=O)N(c2cccc(F)c2)C[C@]12CCN(C(=O)COc1ccccc1)C2. The Morgan fingerprint density at radius 3 is 2.69 bits per heavy atom. The molecule has 2 aromatic carbocycles. The lowest BCUT2D eigenvalue weighted by molar-refractivity contribution is -0.133. The zero-order chi connectivity index (χ0) is 20.4. The highest BCUT2D eigenvalue weighted by Crippen LogP contribution is 2.33. The molecule has 2 aliphatic heterocycles. The summed E-state index contributed by atoms with van der Waals surface area (Å²) in [5, 5.41) is 0. The Labute approximate surface area is 169 Å². The fourth-order valence-corrected chi connectivity index (χ4v) is 4.10. The van der Waals surface area contributed by atoms with Crippen LogP contribution in [0.25, 0.3) is 0 Å². The maximum absolute atomic E-state index is 13.7. The van der Waals surface area contributed by atoms with Gasteiger partial charge >= 0.3 is 0 Å². The average Bonchev–Trinajstić information content (AvgIpc) is 3.15. The molecule has 2 fully saturated rings. The van der Waals surface area contributed by atoms with Crippen LogP contribution < -0.4 is 9.64 Å². The number of benzene rings is 2. The number of halogens is 1. The number of hydrogen-bond acceptors (Lipinski definition) is 4. The number of carbonyl (C=O) groups is 2. The highest BCUT2D eigenvalue weighted by Gasteiger charge is 2.48. The van der Waals surface area contributed by atoms with Gasteiger partial charge in [-0.25, -0.2) is 4.39 Å². The van der Waals surface area contributed by atoms with E-state index in [-0.39, 0.29) is 36.3 Å². The van der Waals surface area contributed by atoms with Crippen LogP contribution in [0.5, 0.6) is 5.75 Å². The van der Waals surface area contributed by atoms with Gasteiger partial charge in [0.05, 0.1) is 12.1 Å². The number of carbonyl (C=O) groups excluding carboxylic acids is 2. The number of amides is 2. The van der Waals surface area contributed by atoms with Gasteiger partial charge in [-0.1, -0.05) is 24.3 Å².